The zero-order valence-corrected chi connectivity index (χ0v) is 15.2. The van der Waals surface area contributed by atoms with Crippen LogP contribution in [0.25, 0.3) is 0 Å². The van der Waals surface area contributed by atoms with Crippen LogP contribution in [0.3, 0.4) is 0 Å². The van der Waals surface area contributed by atoms with Crippen LogP contribution in [0, 0.1) is 0 Å². The van der Waals surface area contributed by atoms with Gasteiger partial charge in [0.2, 0.25) is 0 Å². The Morgan fingerprint density at radius 1 is 1.41 bits per heavy atom. The van der Waals surface area contributed by atoms with Crippen molar-refractivity contribution in [2.24, 2.45) is 0 Å². The molecule has 0 aliphatic carbocycles. The van der Waals surface area contributed by atoms with E-state index in [0.717, 1.165) is 6.04 Å². The molecular formula is C12H23N2O6PSi. The van der Waals surface area contributed by atoms with Gasteiger partial charge in [0.1, 0.15) is 13.3 Å². The summed E-state index contributed by atoms with van der Waals surface area (Å²) in [6, 6.07) is 1.01. The fourth-order valence-corrected chi connectivity index (χ4v) is 2.67. The first-order valence-corrected chi connectivity index (χ1v) is 12.1. The van der Waals surface area contributed by atoms with E-state index in [-0.39, 0.29) is 30.6 Å². The van der Waals surface area contributed by atoms with E-state index in [4.69, 9.17) is 14.5 Å². The Labute approximate surface area is 130 Å². The Kier molecular flexibility index (Phi) is 6.66. The maximum absolute atomic E-state index is 11.5. The van der Waals surface area contributed by atoms with Crippen molar-refractivity contribution >= 4 is 21.7 Å². The van der Waals surface area contributed by atoms with Gasteiger partial charge >= 0.3 is 7.82 Å². The van der Waals surface area contributed by atoms with Gasteiger partial charge in [-0.25, -0.2) is 9.55 Å². The highest BCUT2D eigenvalue weighted by Gasteiger charge is 2.18. The smallest absolute Gasteiger partial charge is 0.361 e. The van der Waals surface area contributed by atoms with Crippen LogP contribution in [0.2, 0.25) is 25.7 Å². The molecule has 2 N–H and O–H groups in total. The highest BCUT2D eigenvalue weighted by Crippen LogP contribution is 2.36. The molecule has 0 spiro atoms. The minimum absolute atomic E-state index is 0.169. The van der Waals surface area contributed by atoms with Gasteiger partial charge in [-0.3, -0.25) is 9.32 Å². The van der Waals surface area contributed by atoms with E-state index in [1.165, 1.54) is 17.7 Å². The molecule has 8 nitrogen and oxygen atoms in total. The normalized spacial score (nSPS) is 12.6. The van der Waals surface area contributed by atoms with Crippen molar-refractivity contribution in [3.8, 4) is 0 Å². The van der Waals surface area contributed by atoms with Crippen LogP contribution in [-0.4, -0.2) is 39.8 Å². The molecule has 1 aromatic heterocycles. The number of nitrogens with zero attached hydrogens (tertiary/aromatic N) is 2. The largest absolute Gasteiger partial charge is 0.469 e. The maximum atomic E-state index is 11.5. The molecule has 0 aliphatic rings. The summed E-state index contributed by atoms with van der Waals surface area (Å²) in [5.74, 6) is -0.0754. The lowest BCUT2D eigenvalue weighted by atomic mass is 10.4. The van der Waals surface area contributed by atoms with E-state index in [0.29, 0.717) is 6.61 Å². The van der Waals surface area contributed by atoms with E-state index in [1.807, 2.05) is 0 Å². The molecule has 0 amide bonds. The second-order valence-electron chi connectivity index (χ2n) is 6.19. The van der Waals surface area contributed by atoms with Gasteiger partial charge in [0.05, 0.1) is 5.69 Å². The van der Waals surface area contributed by atoms with Gasteiger partial charge in [-0.15, -0.1) is 0 Å². The molecule has 0 unspecified atom stereocenters. The van der Waals surface area contributed by atoms with Gasteiger partial charge in [-0.2, -0.15) is 0 Å². The van der Waals surface area contributed by atoms with Crippen LogP contribution in [0.15, 0.2) is 6.20 Å². The first-order valence-electron chi connectivity index (χ1n) is 6.83. The lowest BCUT2D eigenvalue weighted by molar-refractivity contribution is 0.0805. The number of hydrogen-bond acceptors (Lipinski definition) is 5. The lowest BCUT2D eigenvalue weighted by Gasteiger charge is -2.15. The molecule has 0 bridgehead atoms. The molecule has 0 saturated carbocycles. The Balaban J connectivity index is 2.66. The first-order chi connectivity index (χ1) is 9.98. The van der Waals surface area contributed by atoms with Crippen molar-refractivity contribution in [2.75, 3.05) is 6.61 Å². The van der Waals surface area contributed by atoms with Crippen LogP contribution in [0.1, 0.15) is 23.2 Å². The van der Waals surface area contributed by atoms with E-state index in [2.05, 4.69) is 29.1 Å². The third kappa shape index (κ3) is 7.44. The monoisotopic (exact) mass is 350 g/mol. The number of rotatable bonds is 9. The van der Waals surface area contributed by atoms with Gasteiger partial charge in [0, 0.05) is 27.8 Å². The fourth-order valence-electron chi connectivity index (χ4n) is 1.61. The predicted octanol–water partition coefficient (Wildman–Crippen LogP) is 2.01. The molecule has 1 aromatic rings. The Hall–Kier alpha value is -0.833. The molecule has 0 fully saturated rings. The van der Waals surface area contributed by atoms with Crippen molar-refractivity contribution in [2.45, 2.75) is 45.9 Å². The second-order valence-corrected chi connectivity index (χ2v) is 13.1. The molecule has 1 rings (SSSR count). The fraction of sp³-hybridized carbons (Fsp3) is 0.667. The summed E-state index contributed by atoms with van der Waals surface area (Å²) in [5, 5.41) is 0. The minimum Gasteiger partial charge on any atom is -0.361 e. The number of aromatic nitrogens is 2. The van der Waals surface area contributed by atoms with E-state index in [1.54, 1.807) is 0 Å². The number of phosphoric ester groups is 1. The average molecular weight is 350 g/mol. The van der Waals surface area contributed by atoms with Crippen molar-refractivity contribution in [3.63, 3.8) is 0 Å². The maximum Gasteiger partial charge on any atom is 0.469 e. The van der Waals surface area contributed by atoms with Crippen LogP contribution < -0.4 is 0 Å². The molecule has 0 aromatic carbocycles. The van der Waals surface area contributed by atoms with Crippen molar-refractivity contribution < 1.29 is 28.4 Å². The minimum atomic E-state index is -4.57. The molecule has 0 radical (unpaired) electrons. The third-order valence-electron chi connectivity index (χ3n) is 2.75. The lowest BCUT2D eigenvalue weighted by Crippen LogP contribution is -2.22. The third-order valence-corrected chi connectivity index (χ3v) is 4.92. The number of carbonyl (C=O) groups excluding carboxylic acids is 1. The molecule has 0 aliphatic heterocycles. The van der Waals surface area contributed by atoms with Crippen molar-refractivity contribution in [1.29, 1.82) is 0 Å². The van der Waals surface area contributed by atoms with Crippen molar-refractivity contribution in [3.05, 3.63) is 17.7 Å². The number of carbonyl (C=O) groups is 1. The van der Waals surface area contributed by atoms with E-state index >= 15 is 0 Å². The number of hydrogen-bond donors (Lipinski definition) is 2. The van der Waals surface area contributed by atoms with Crippen LogP contribution >= 0.6 is 7.82 Å². The second kappa shape index (κ2) is 7.63. The number of imidazole rings is 1. The Morgan fingerprint density at radius 2 is 2.05 bits per heavy atom. The van der Waals surface area contributed by atoms with Crippen LogP contribution in [-0.2, 0) is 27.2 Å². The summed E-state index contributed by atoms with van der Waals surface area (Å²) >= 11 is 0. The standard InChI is InChI=1S/C12H23N2O6PSi/c1-10(15)12-13-11(8-20-21(16,17)18)7-14(12)9-19-5-6-22(2,3)4/h7H,5-6,8-9H2,1-4H3,(H2,16,17,18). The molecule has 0 atom stereocenters. The summed E-state index contributed by atoms with van der Waals surface area (Å²) < 4.78 is 22.1. The molecule has 0 saturated heterocycles. The van der Waals surface area contributed by atoms with Crippen molar-refractivity contribution in [1.82, 2.24) is 9.55 Å². The summed E-state index contributed by atoms with van der Waals surface area (Å²) in [6.07, 6.45) is 1.50. The molecule has 10 heteroatoms. The highest BCUT2D eigenvalue weighted by atomic mass is 31.2. The molecule has 126 valence electrons. The summed E-state index contributed by atoms with van der Waals surface area (Å²) in [6.45, 7) is 8.49. The summed E-state index contributed by atoms with van der Waals surface area (Å²) in [4.78, 5) is 32.9. The van der Waals surface area contributed by atoms with E-state index < -0.39 is 15.9 Å². The Morgan fingerprint density at radius 3 is 2.55 bits per heavy atom. The van der Waals surface area contributed by atoms with Gasteiger partial charge in [-0.05, 0) is 6.04 Å². The number of ketones is 1. The van der Waals surface area contributed by atoms with Gasteiger partial charge in [0.15, 0.2) is 11.6 Å². The van der Waals surface area contributed by atoms with Crippen LogP contribution in [0.4, 0.5) is 0 Å². The quantitative estimate of drug-likeness (QED) is 0.303. The number of Topliss-reactive ketones (excluding diaryl/α,β-unsaturated/α-hetero) is 1. The Bertz CT molecular complexity index is 562. The van der Waals surface area contributed by atoms with Crippen LogP contribution in [0.5, 0.6) is 0 Å². The van der Waals surface area contributed by atoms with E-state index in [9.17, 15) is 9.36 Å². The zero-order chi connectivity index (χ0) is 17.0. The predicted molar refractivity (Wildman–Crippen MR) is 83.2 cm³/mol. The average Bonchev–Trinajstić information content (AvgIpc) is 2.74. The molecule has 1 heterocycles. The number of phosphoric acid groups is 1. The number of ether oxygens (including phenoxy) is 1. The first kappa shape index (κ1) is 19.2. The van der Waals surface area contributed by atoms with Gasteiger partial charge in [0.25, 0.3) is 0 Å². The summed E-state index contributed by atoms with van der Waals surface area (Å²) in [5.41, 5.74) is 0.266. The zero-order valence-electron chi connectivity index (χ0n) is 13.3. The summed E-state index contributed by atoms with van der Waals surface area (Å²) in [7, 11) is -5.75. The molecule has 22 heavy (non-hydrogen) atoms. The SMILES string of the molecule is CC(=O)c1nc(COP(=O)(O)O)cn1COCC[Si](C)(C)C. The van der Waals surface area contributed by atoms with Gasteiger partial charge in [-0.1, -0.05) is 19.6 Å². The van der Waals surface area contributed by atoms with Gasteiger partial charge < -0.3 is 19.1 Å². The topological polar surface area (TPSA) is 111 Å². The highest BCUT2D eigenvalue weighted by molar-refractivity contribution is 7.46. The molecular weight excluding hydrogens is 327 g/mol.